The van der Waals surface area contributed by atoms with Gasteiger partial charge in [-0.3, -0.25) is 9.78 Å². The van der Waals surface area contributed by atoms with E-state index in [-0.39, 0.29) is 5.78 Å². The number of nitrogen functional groups attached to an aromatic ring is 1. The largest absolute Gasteiger partial charge is 0.398 e. The molecule has 0 spiro atoms. The molecule has 0 bridgehead atoms. The molecule has 2 N–H and O–H groups in total. The first-order valence-corrected chi connectivity index (χ1v) is 6.47. The SMILES string of the molecule is Nc1ccc(C(=O)c2cncc3ccccc23)cc1Cl. The van der Waals surface area contributed by atoms with Crippen molar-refractivity contribution in [1.82, 2.24) is 4.98 Å². The predicted octanol–water partition coefficient (Wildman–Crippen LogP) is 3.70. The van der Waals surface area contributed by atoms with Crippen molar-refractivity contribution >= 4 is 33.8 Å². The van der Waals surface area contributed by atoms with Crippen LogP contribution in [0.1, 0.15) is 15.9 Å². The maximum absolute atomic E-state index is 12.6. The molecule has 1 aromatic heterocycles. The van der Waals surface area contributed by atoms with Crippen molar-refractivity contribution in [3.63, 3.8) is 0 Å². The maximum atomic E-state index is 12.6. The Hall–Kier alpha value is -2.39. The smallest absolute Gasteiger partial charge is 0.195 e. The molecule has 0 radical (unpaired) electrons. The lowest BCUT2D eigenvalue weighted by Gasteiger charge is -2.06. The molecule has 0 saturated carbocycles. The Kier molecular flexibility index (Phi) is 3.12. The zero-order valence-corrected chi connectivity index (χ0v) is 11.3. The Balaban J connectivity index is 2.15. The van der Waals surface area contributed by atoms with E-state index in [9.17, 15) is 4.79 Å². The minimum atomic E-state index is -0.115. The number of anilines is 1. The molecule has 3 nitrogen and oxygen atoms in total. The topological polar surface area (TPSA) is 56.0 Å². The van der Waals surface area contributed by atoms with Gasteiger partial charge in [0.1, 0.15) is 0 Å². The standard InChI is InChI=1S/C16H11ClN2O/c17-14-7-10(5-6-15(14)18)16(20)13-9-19-8-11-3-1-2-4-12(11)13/h1-9H,18H2. The second-order valence-electron chi connectivity index (χ2n) is 4.47. The van der Waals surface area contributed by atoms with Gasteiger partial charge in [0.15, 0.2) is 5.78 Å². The first-order valence-electron chi connectivity index (χ1n) is 6.09. The van der Waals surface area contributed by atoms with Gasteiger partial charge in [-0.25, -0.2) is 0 Å². The van der Waals surface area contributed by atoms with E-state index in [1.54, 1.807) is 30.6 Å². The Labute approximate surface area is 121 Å². The Morgan fingerprint density at radius 2 is 1.90 bits per heavy atom. The zero-order chi connectivity index (χ0) is 14.1. The molecule has 0 aliphatic heterocycles. The number of hydrogen-bond donors (Lipinski definition) is 1. The zero-order valence-electron chi connectivity index (χ0n) is 10.5. The Morgan fingerprint density at radius 3 is 2.70 bits per heavy atom. The summed E-state index contributed by atoms with van der Waals surface area (Å²) in [5, 5.41) is 2.18. The molecule has 20 heavy (non-hydrogen) atoms. The fourth-order valence-electron chi connectivity index (χ4n) is 2.12. The highest BCUT2D eigenvalue weighted by molar-refractivity contribution is 6.33. The summed E-state index contributed by atoms with van der Waals surface area (Å²) in [7, 11) is 0. The van der Waals surface area contributed by atoms with Crippen LogP contribution in [0.25, 0.3) is 10.8 Å². The van der Waals surface area contributed by atoms with Crippen LogP contribution in [0.4, 0.5) is 5.69 Å². The first kappa shape index (κ1) is 12.6. The van der Waals surface area contributed by atoms with Gasteiger partial charge < -0.3 is 5.73 Å². The second-order valence-corrected chi connectivity index (χ2v) is 4.88. The van der Waals surface area contributed by atoms with Gasteiger partial charge in [0.2, 0.25) is 0 Å². The summed E-state index contributed by atoms with van der Waals surface area (Å²) in [6.45, 7) is 0. The average Bonchev–Trinajstić information content (AvgIpc) is 2.49. The molecule has 98 valence electrons. The fourth-order valence-corrected chi connectivity index (χ4v) is 2.30. The summed E-state index contributed by atoms with van der Waals surface area (Å²) in [5.74, 6) is -0.115. The number of carbonyl (C=O) groups is 1. The van der Waals surface area contributed by atoms with Gasteiger partial charge in [-0.05, 0) is 23.6 Å². The maximum Gasteiger partial charge on any atom is 0.195 e. The summed E-state index contributed by atoms with van der Waals surface area (Å²) >= 11 is 5.97. The number of aromatic nitrogens is 1. The highest BCUT2D eigenvalue weighted by atomic mass is 35.5. The molecule has 3 rings (SSSR count). The number of nitrogens with zero attached hydrogens (tertiary/aromatic N) is 1. The average molecular weight is 283 g/mol. The molecule has 3 aromatic rings. The molecule has 0 saturated heterocycles. The summed E-state index contributed by atoms with van der Waals surface area (Å²) in [6, 6.07) is 12.5. The van der Waals surface area contributed by atoms with Gasteiger partial charge in [-0.1, -0.05) is 35.9 Å². The lowest BCUT2D eigenvalue weighted by Crippen LogP contribution is -2.03. The van der Waals surface area contributed by atoms with Crippen LogP contribution in [0.15, 0.2) is 54.9 Å². The third-order valence-electron chi connectivity index (χ3n) is 3.18. The number of halogens is 1. The van der Waals surface area contributed by atoms with E-state index in [4.69, 9.17) is 17.3 Å². The van der Waals surface area contributed by atoms with Crippen LogP contribution in [0.3, 0.4) is 0 Å². The predicted molar refractivity (Wildman–Crippen MR) is 81.0 cm³/mol. The highest BCUT2D eigenvalue weighted by Crippen LogP contribution is 2.24. The summed E-state index contributed by atoms with van der Waals surface area (Å²) in [4.78, 5) is 16.7. The molecule has 4 heteroatoms. The normalized spacial score (nSPS) is 10.7. The molecule has 0 fully saturated rings. The van der Waals surface area contributed by atoms with Crippen LogP contribution in [-0.4, -0.2) is 10.8 Å². The van der Waals surface area contributed by atoms with Crippen LogP contribution >= 0.6 is 11.6 Å². The van der Waals surface area contributed by atoms with E-state index in [1.807, 2.05) is 24.3 Å². The third kappa shape index (κ3) is 2.12. The minimum Gasteiger partial charge on any atom is -0.398 e. The monoisotopic (exact) mass is 282 g/mol. The Morgan fingerprint density at radius 1 is 1.10 bits per heavy atom. The van der Waals surface area contributed by atoms with E-state index in [0.717, 1.165) is 10.8 Å². The van der Waals surface area contributed by atoms with Crippen LogP contribution in [0, 0.1) is 0 Å². The van der Waals surface area contributed by atoms with E-state index in [0.29, 0.717) is 21.8 Å². The van der Waals surface area contributed by atoms with Crippen LogP contribution in [0.2, 0.25) is 5.02 Å². The second kappa shape index (κ2) is 4.94. The van der Waals surface area contributed by atoms with E-state index < -0.39 is 0 Å². The van der Waals surface area contributed by atoms with E-state index in [1.165, 1.54) is 0 Å². The lowest BCUT2D eigenvalue weighted by molar-refractivity contribution is 0.104. The van der Waals surface area contributed by atoms with E-state index in [2.05, 4.69) is 4.98 Å². The lowest BCUT2D eigenvalue weighted by atomic mass is 9.99. The molecular formula is C16H11ClN2O. The quantitative estimate of drug-likeness (QED) is 0.576. The Bertz CT molecular complexity index is 809. The number of nitrogens with two attached hydrogens (primary N) is 1. The molecule has 0 unspecified atom stereocenters. The number of fused-ring (bicyclic) bond motifs is 1. The molecule has 0 amide bonds. The molecular weight excluding hydrogens is 272 g/mol. The van der Waals surface area contributed by atoms with Crippen molar-refractivity contribution in [2.45, 2.75) is 0 Å². The van der Waals surface area contributed by atoms with Crippen molar-refractivity contribution in [2.75, 3.05) is 5.73 Å². The van der Waals surface area contributed by atoms with Crippen LogP contribution in [-0.2, 0) is 0 Å². The number of carbonyl (C=O) groups excluding carboxylic acids is 1. The number of rotatable bonds is 2. The minimum absolute atomic E-state index is 0.115. The summed E-state index contributed by atoms with van der Waals surface area (Å²) in [5.41, 5.74) is 7.18. The fraction of sp³-hybridized carbons (Fsp3) is 0. The van der Waals surface area contributed by atoms with Crippen molar-refractivity contribution in [3.05, 3.63) is 71.0 Å². The van der Waals surface area contributed by atoms with E-state index >= 15 is 0 Å². The number of benzene rings is 2. The molecule has 1 heterocycles. The van der Waals surface area contributed by atoms with Crippen molar-refractivity contribution in [3.8, 4) is 0 Å². The highest BCUT2D eigenvalue weighted by Gasteiger charge is 2.13. The van der Waals surface area contributed by atoms with Gasteiger partial charge in [0.25, 0.3) is 0 Å². The van der Waals surface area contributed by atoms with Gasteiger partial charge in [-0.15, -0.1) is 0 Å². The summed E-state index contributed by atoms with van der Waals surface area (Å²) < 4.78 is 0. The molecule has 2 aromatic carbocycles. The van der Waals surface area contributed by atoms with Gasteiger partial charge >= 0.3 is 0 Å². The molecule has 0 aliphatic carbocycles. The summed E-state index contributed by atoms with van der Waals surface area (Å²) in [6.07, 6.45) is 3.32. The molecule has 0 aliphatic rings. The van der Waals surface area contributed by atoms with Crippen LogP contribution < -0.4 is 5.73 Å². The van der Waals surface area contributed by atoms with Crippen molar-refractivity contribution in [1.29, 1.82) is 0 Å². The van der Waals surface area contributed by atoms with Gasteiger partial charge in [0, 0.05) is 28.9 Å². The van der Waals surface area contributed by atoms with Crippen molar-refractivity contribution in [2.24, 2.45) is 0 Å². The number of ketones is 1. The first-order chi connectivity index (χ1) is 9.66. The van der Waals surface area contributed by atoms with Gasteiger partial charge in [0.05, 0.1) is 10.7 Å². The van der Waals surface area contributed by atoms with Gasteiger partial charge in [-0.2, -0.15) is 0 Å². The number of hydrogen-bond acceptors (Lipinski definition) is 3. The molecule has 0 atom stereocenters. The van der Waals surface area contributed by atoms with Crippen molar-refractivity contribution < 1.29 is 4.79 Å². The number of pyridine rings is 1. The van der Waals surface area contributed by atoms with Crippen LogP contribution in [0.5, 0.6) is 0 Å². The third-order valence-corrected chi connectivity index (χ3v) is 3.50.